The molecule has 0 aliphatic rings. The van der Waals surface area contributed by atoms with Gasteiger partial charge in [-0.25, -0.2) is 4.98 Å². The van der Waals surface area contributed by atoms with Crippen molar-refractivity contribution in [3.63, 3.8) is 0 Å². The van der Waals surface area contributed by atoms with Gasteiger partial charge in [0.05, 0.1) is 7.11 Å². The molecule has 0 bridgehead atoms. The van der Waals surface area contributed by atoms with Crippen molar-refractivity contribution in [2.45, 2.75) is 20.3 Å². The molecule has 0 atom stereocenters. The quantitative estimate of drug-likeness (QED) is 0.675. The molecule has 7 heteroatoms. The molecule has 7 nitrogen and oxygen atoms in total. The number of hydrogen-bond donors (Lipinski definition) is 2. The van der Waals surface area contributed by atoms with Crippen molar-refractivity contribution < 1.29 is 9.53 Å². The molecule has 0 aromatic carbocycles. The van der Waals surface area contributed by atoms with Gasteiger partial charge in [-0.1, -0.05) is 13.8 Å². The minimum Gasteiger partial charge on any atom is -0.480 e. The van der Waals surface area contributed by atoms with Crippen LogP contribution in [0.4, 0.5) is 5.95 Å². The van der Waals surface area contributed by atoms with E-state index in [0.717, 1.165) is 26.1 Å². The van der Waals surface area contributed by atoms with Crippen molar-refractivity contribution in [1.82, 2.24) is 20.2 Å². The first-order valence-electron chi connectivity index (χ1n) is 6.79. The predicted octanol–water partition coefficient (Wildman–Crippen LogP) is 0.529. The molecule has 3 N–H and O–H groups in total. The summed E-state index contributed by atoms with van der Waals surface area (Å²) in [4.78, 5) is 22.0. The molecule has 1 aromatic heterocycles. The van der Waals surface area contributed by atoms with Gasteiger partial charge in [-0.15, -0.1) is 0 Å². The molecule has 0 radical (unpaired) electrons. The van der Waals surface area contributed by atoms with Crippen molar-refractivity contribution in [3.8, 4) is 5.88 Å². The average Bonchev–Trinajstić information content (AvgIpc) is 2.47. The highest BCUT2D eigenvalue weighted by molar-refractivity contribution is 5.96. The zero-order valence-corrected chi connectivity index (χ0v) is 12.3. The third-order valence-electron chi connectivity index (χ3n) is 3.04. The number of anilines is 1. The van der Waals surface area contributed by atoms with Gasteiger partial charge < -0.3 is 20.7 Å². The van der Waals surface area contributed by atoms with Crippen LogP contribution in [0.3, 0.4) is 0 Å². The van der Waals surface area contributed by atoms with Crippen LogP contribution >= 0.6 is 0 Å². The number of nitrogens with zero attached hydrogens (tertiary/aromatic N) is 3. The average molecular weight is 281 g/mol. The number of hydrogen-bond acceptors (Lipinski definition) is 6. The largest absolute Gasteiger partial charge is 0.480 e. The second kappa shape index (κ2) is 8.31. The van der Waals surface area contributed by atoms with Gasteiger partial charge in [0.2, 0.25) is 11.8 Å². The topological polar surface area (TPSA) is 93.4 Å². The number of nitrogens with two attached hydrogens (primary N) is 1. The van der Waals surface area contributed by atoms with E-state index in [2.05, 4.69) is 34.0 Å². The lowest BCUT2D eigenvalue weighted by atomic mass is 10.3. The third kappa shape index (κ3) is 4.65. The zero-order valence-electron chi connectivity index (χ0n) is 12.3. The Bertz CT molecular complexity index is 435. The molecule has 0 unspecified atom stereocenters. The Balaban J connectivity index is 2.47. The summed E-state index contributed by atoms with van der Waals surface area (Å²) in [6.07, 6.45) is 2.27. The van der Waals surface area contributed by atoms with Gasteiger partial charge in [-0.3, -0.25) is 4.79 Å². The molecule has 1 aromatic rings. The SMILES string of the molecule is CCN(CC)CCCNC(=O)c1cnc(N)nc1OC. The second-order valence-electron chi connectivity index (χ2n) is 4.29. The lowest BCUT2D eigenvalue weighted by Gasteiger charge is -2.17. The molecule has 0 saturated carbocycles. The molecule has 112 valence electrons. The van der Waals surface area contributed by atoms with Crippen molar-refractivity contribution in [2.24, 2.45) is 0 Å². The molecule has 0 fully saturated rings. The Morgan fingerprint density at radius 1 is 1.45 bits per heavy atom. The summed E-state index contributed by atoms with van der Waals surface area (Å²) in [5.74, 6) is 0.0278. The Labute approximate surface area is 119 Å². The van der Waals surface area contributed by atoms with Gasteiger partial charge in [0.15, 0.2) is 0 Å². The molecule has 20 heavy (non-hydrogen) atoms. The zero-order chi connectivity index (χ0) is 15.0. The van der Waals surface area contributed by atoms with Crippen LogP contribution in [0, 0.1) is 0 Å². The molecule has 1 rings (SSSR count). The number of amides is 1. The minimum atomic E-state index is -0.249. The maximum absolute atomic E-state index is 12.0. The van der Waals surface area contributed by atoms with Crippen LogP contribution in [0.25, 0.3) is 0 Å². The normalized spacial score (nSPS) is 10.6. The number of ether oxygens (including phenoxy) is 1. The summed E-state index contributed by atoms with van der Waals surface area (Å²) < 4.78 is 5.03. The van der Waals surface area contributed by atoms with Crippen LogP contribution in [-0.2, 0) is 0 Å². The highest BCUT2D eigenvalue weighted by Crippen LogP contribution is 2.14. The van der Waals surface area contributed by atoms with Crippen molar-refractivity contribution in [1.29, 1.82) is 0 Å². The smallest absolute Gasteiger partial charge is 0.258 e. The van der Waals surface area contributed by atoms with E-state index < -0.39 is 0 Å². The highest BCUT2D eigenvalue weighted by Gasteiger charge is 2.14. The number of carbonyl (C=O) groups excluding carboxylic acids is 1. The van der Waals surface area contributed by atoms with Crippen LogP contribution in [-0.4, -0.2) is 54.1 Å². The van der Waals surface area contributed by atoms with E-state index in [4.69, 9.17) is 10.5 Å². The Morgan fingerprint density at radius 3 is 2.75 bits per heavy atom. The molecular formula is C13H23N5O2. The van der Waals surface area contributed by atoms with Crippen LogP contribution < -0.4 is 15.8 Å². The molecule has 1 amide bonds. The van der Waals surface area contributed by atoms with E-state index in [0.29, 0.717) is 12.1 Å². The van der Waals surface area contributed by atoms with Crippen molar-refractivity contribution in [2.75, 3.05) is 39.0 Å². The van der Waals surface area contributed by atoms with Crippen molar-refractivity contribution >= 4 is 11.9 Å². The first-order chi connectivity index (χ1) is 9.62. The Kier molecular flexibility index (Phi) is 6.72. The van der Waals surface area contributed by atoms with Crippen molar-refractivity contribution in [3.05, 3.63) is 11.8 Å². The van der Waals surface area contributed by atoms with Gasteiger partial charge >= 0.3 is 0 Å². The summed E-state index contributed by atoms with van der Waals surface area (Å²) in [7, 11) is 1.44. The molecule has 0 saturated heterocycles. The fraction of sp³-hybridized carbons (Fsp3) is 0.615. The Morgan fingerprint density at radius 2 is 2.15 bits per heavy atom. The van der Waals surface area contributed by atoms with Gasteiger partial charge in [0.25, 0.3) is 5.91 Å². The van der Waals surface area contributed by atoms with Gasteiger partial charge in [0, 0.05) is 12.7 Å². The van der Waals surface area contributed by atoms with E-state index in [9.17, 15) is 4.79 Å². The third-order valence-corrected chi connectivity index (χ3v) is 3.04. The summed E-state index contributed by atoms with van der Waals surface area (Å²) in [6.45, 7) is 7.84. The van der Waals surface area contributed by atoms with E-state index >= 15 is 0 Å². The molecular weight excluding hydrogens is 258 g/mol. The van der Waals surface area contributed by atoms with Crippen LogP contribution in [0.1, 0.15) is 30.6 Å². The monoisotopic (exact) mass is 281 g/mol. The van der Waals surface area contributed by atoms with Crippen LogP contribution in [0.5, 0.6) is 5.88 Å². The fourth-order valence-corrected chi connectivity index (χ4v) is 1.83. The summed E-state index contributed by atoms with van der Waals surface area (Å²) in [6, 6.07) is 0. The van der Waals surface area contributed by atoms with E-state index in [1.165, 1.54) is 13.3 Å². The molecule has 0 spiro atoms. The predicted molar refractivity (Wildman–Crippen MR) is 77.7 cm³/mol. The van der Waals surface area contributed by atoms with Gasteiger partial charge in [0.1, 0.15) is 5.56 Å². The van der Waals surface area contributed by atoms with Crippen LogP contribution in [0.2, 0.25) is 0 Å². The number of rotatable bonds is 8. The summed E-state index contributed by atoms with van der Waals surface area (Å²) in [5.41, 5.74) is 5.75. The number of nitrogen functional groups attached to an aromatic ring is 1. The molecule has 0 aliphatic heterocycles. The van der Waals surface area contributed by atoms with E-state index in [1.807, 2.05) is 0 Å². The maximum atomic E-state index is 12.0. The number of nitrogens with one attached hydrogen (secondary N) is 1. The highest BCUT2D eigenvalue weighted by atomic mass is 16.5. The summed E-state index contributed by atoms with van der Waals surface area (Å²) in [5, 5.41) is 2.83. The maximum Gasteiger partial charge on any atom is 0.258 e. The van der Waals surface area contributed by atoms with Gasteiger partial charge in [-0.2, -0.15) is 4.98 Å². The fourth-order valence-electron chi connectivity index (χ4n) is 1.83. The number of aromatic nitrogens is 2. The number of methoxy groups -OCH3 is 1. The lowest BCUT2D eigenvalue weighted by Crippen LogP contribution is -2.30. The first kappa shape index (κ1) is 16.2. The molecule has 0 aliphatic carbocycles. The first-order valence-corrected chi connectivity index (χ1v) is 6.79. The molecule has 1 heterocycles. The van der Waals surface area contributed by atoms with E-state index in [1.54, 1.807) is 0 Å². The lowest BCUT2D eigenvalue weighted by molar-refractivity contribution is 0.0947. The summed E-state index contributed by atoms with van der Waals surface area (Å²) >= 11 is 0. The minimum absolute atomic E-state index is 0.0833. The van der Waals surface area contributed by atoms with Gasteiger partial charge in [-0.05, 0) is 26.1 Å². The van der Waals surface area contributed by atoms with Crippen LogP contribution in [0.15, 0.2) is 6.20 Å². The standard InChI is InChI=1S/C13H23N5O2/c1-4-18(5-2)8-6-7-15-11(19)10-9-16-13(14)17-12(10)20-3/h9H,4-8H2,1-3H3,(H,15,19)(H2,14,16,17). The van der Waals surface area contributed by atoms with E-state index in [-0.39, 0.29) is 17.7 Å². The Hall–Kier alpha value is -1.89. The second-order valence-corrected chi connectivity index (χ2v) is 4.29. The number of carbonyl (C=O) groups is 1.